The topological polar surface area (TPSA) is 107 Å². The fourth-order valence-electron chi connectivity index (χ4n) is 2.49. The average Bonchev–Trinajstić information content (AvgIpc) is 2.69. The van der Waals surface area contributed by atoms with Gasteiger partial charge in [-0.15, -0.1) is 0 Å². The van der Waals surface area contributed by atoms with Crippen LogP contribution in [0.15, 0.2) is 54.6 Å². The monoisotopic (exact) mass is 392 g/mol. The molecule has 1 N–H and O–H groups in total. The quantitative estimate of drug-likeness (QED) is 0.479. The van der Waals surface area contributed by atoms with Crippen LogP contribution in [0.4, 0.5) is 11.4 Å². The third-order valence-electron chi connectivity index (χ3n) is 4.01. The van der Waals surface area contributed by atoms with Gasteiger partial charge in [-0.3, -0.25) is 14.9 Å². The van der Waals surface area contributed by atoms with E-state index < -0.39 is 4.92 Å². The molecule has 8 nitrogen and oxygen atoms in total. The molecule has 1 heterocycles. The summed E-state index contributed by atoms with van der Waals surface area (Å²) in [4.78, 5) is 31.0. The molecule has 0 atom stereocenters. The van der Waals surface area contributed by atoms with Crippen molar-refractivity contribution in [3.63, 3.8) is 0 Å². The maximum absolute atomic E-state index is 11.8. The molecule has 0 aliphatic heterocycles. The Balaban J connectivity index is 1.81. The van der Waals surface area contributed by atoms with Crippen LogP contribution < -0.4 is 10.1 Å². The first-order chi connectivity index (χ1) is 13.8. The fourth-order valence-corrected chi connectivity index (χ4v) is 2.49. The molecule has 1 aromatic heterocycles. The second-order valence-corrected chi connectivity index (χ2v) is 6.75. The lowest BCUT2D eigenvalue weighted by molar-refractivity contribution is -0.384. The van der Waals surface area contributed by atoms with E-state index in [4.69, 9.17) is 4.74 Å². The summed E-state index contributed by atoms with van der Waals surface area (Å²) in [6, 6.07) is 14.7. The predicted octanol–water partition coefficient (Wildman–Crippen LogP) is 4.75. The molecule has 0 unspecified atom stereocenters. The van der Waals surface area contributed by atoms with Gasteiger partial charge in [-0.2, -0.15) is 4.98 Å². The molecule has 3 aromatic rings. The van der Waals surface area contributed by atoms with Crippen LogP contribution in [-0.2, 0) is 4.79 Å². The number of non-ortho nitro benzene ring substituents is 1. The van der Waals surface area contributed by atoms with Gasteiger partial charge in [0.2, 0.25) is 11.8 Å². The lowest BCUT2D eigenvalue weighted by Crippen LogP contribution is -2.17. The van der Waals surface area contributed by atoms with E-state index in [1.807, 2.05) is 13.8 Å². The first-order valence-electron chi connectivity index (χ1n) is 9.01. The van der Waals surface area contributed by atoms with Crippen molar-refractivity contribution in [1.82, 2.24) is 9.97 Å². The molecule has 0 saturated carbocycles. The third kappa shape index (κ3) is 5.13. The number of aromatic nitrogens is 2. The van der Waals surface area contributed by atoms with Gasteiger partial charge in [0.15, 0.2) is 5.82 Å². The van der Waals surface area contributed by atoms with Crippen molar-refractivity contribution in [2.24, 2.45) is 5.92 Å². The molecule has 0 bridgehead atoms. The van der Waals surface area contributed by atoms with Crippen LogP contribution in [0.25, 0.3) is 11.4 Å². The number of nitrogens with zero attached hydrogens (tertiary/aromatic N) is 3. The van der Waals surface area contributed by atoms with Crippen molar-refractivity contribution in [3.05, 3.63) is 70.4 Å². The first kappa shape index (κ1) is 19.9. The summed E-state index contributed by atoms with van der Waals surface area (Å²) >= 11 is 0. The van der Waals surface area contributed by atoms with E-state index in [0.29, 0.717) is 34.4 Å². The number of carbonyl (C=O) groups excluding carboxylic acids is 1. The zero-order chi connectivity index (χ0) is 21.0. The number of rotatable bonds is 6. The number of nitro benzene ring substituents is 1. The van der Waals surface area contributed by atoms with Crippen LogP contribution in [0.1, 0.15) is 19.5 Å². The van der Waals surface area contributed by atoms with Crippen LogP contribution in [0, 0.1) is 23.0 Å². The number of hydrogen-bond donors (Lipinski definition) is 1. The maximum Gasteiger partial charge on any atom is 0.270 e. The second-order valence-electron chi connectivity index (χ2n) is 6.75. The normalized spacial score (nSPS) is 10.6. The summed E-state index contributed by atoms with van der Waals surface area (Å²) in [6.07, 6.45) is 0. The van der Waals surface area contributed by atoms with Gasteiger partial charge in [-0.1, -0.05) is 26.0 Å². The van der Waals surface area contributed by atoms with Crippen molar-refractivity contribution >= 4 is 17.3 Å². The Kier molecular flexibility index (Phi) is 5.82. The fraction of sp³-hybridized carbons (Fsp3) is 0.190. The molecule has 8 heteroatoms. The van der Waals surface area contributed by atoms with Crippen molar-refractivity contribution < 1.29 is 14.5 Å². The molecule has 0 saturated heterocycles. The zero-order valence-electron chi connectivity index (χ0n) is 16.2. The summed E-state index contributed by atoms with van der Waals surface area (Å²) in [7, 11) is 0. The molecule has 0 radical (unpaired) electrons. The Morgan fingerprint density at radius 1 is 1.10 bits per heavy atom. The Morgan fingerprint density at radius 3 is 2.48 bits per heavy atom. The number of nitrogens with one attached hydrogen (secondary N) is 1. The highest BCUT2D eigenvalue weighted by atomic mass is 16.6. The van der Waals surface area contributed by atoms with Crippen LogP contribution in [0.5, 0.6) is 11.6 Å². The van der Waals surface area contributed by atoms with Gasteiger partial charge in [0.1, 0.15) is 5.75 Å². The summed E-state index contributed by atoms with van der Waals surface area (Å²) in [5, 5.41) is 13.8. The minimum absolute atomic E-state index is 0.0332. The van der Waals surface area contributed by atoms with Gasteiger partial charge in [0, 0.05) is 41.1 Å². The van der Waals surface area contributed by atoms with Crippen LogP contribution >= 0.6 is 0 Å². The van der Waals surface area contributed by atoms with Crippen LogP contribution in [0.3, 0.4) is 0 Å². The molecular weight excluding hydrogens is 372 g/mol. The molecular formula is C21H20N4O4. The highest BCUT2D eigenvalue weighted by Crippen LogP contribution is 2.26. The molecule has 1 amide bonds. The first-order valence-corrected chi connectivity index (χ1v) is 9.01. The smallest absolute Gasteiger partial charge is 0.270 e. The number of hydrogen-bond acceptors (Lipinski definition) is 6. The van der Waals surface area contributed by atoms with E-state index in [2.05, 4.69) is 15.3 Å². The molecule has 148 valence electrons. The lowest BCUT2D eigenvalue weighted by atomic mass is 10.2. The molecule has 3 rings (SSSR count). The number of amides is 1. The maximum atomic E-state index is 11.8. The number of nitro groups is 1. The highest BCUT2D eigenvalue weighted by molar-refractivity contribution is 5.92. The summed E-state index contributed by atoms with van der Waals surface area (Å²) < 4.78 is 5.81. The summed E-state index contributed by atoms with van der Waals surface area (Å²) in [6.45, 7) is 5.44. The van der Waals surface area contributed by atoms with Crippen molar-refractivity contribution in [1.29, 1.82) is 0 Å². The Bertz CT molecular complexity index is 1050. The standard InChI is InChI=1S/C21H20N4O4/c1-13(2)21(26)23-16-7-9-18(10-8-16)29-19-11-14(3)22-20(24-19)15-5-4-6-17(12-15)25(27)28/h4-13H,1-3H3,(H,23,26). The van der Waals surface area contributed by atoms with Gasteiger partial charge >= 0.3 is 0 Å². The van der Waals surface area contributed by atoms with E-state index in [1.54, 1.807) is 49.4 Å². The molecule has 0 aliphatic carbocycles. The van der Waals surface area contributed by atoms with Gasteiger partial charge < -0.3 is 10.1 Å². The minimum Gasteiger partial charge on any atom is -0.439 e. The van der Waals surface area contributed by atoms with Crippen molar-refractivity contribution in [2.75, 3.05) is 5.32 Å². The number of carbonyl (C=O) groups is 1. The molecule has 0 spiro atoms. The number of aryl methyl sites for hydroxylation is 1. The van der Waals surface area contributed by atoms with Gasteiger partial charge in [-0.25, -0.2) is 4.98 Å². The molecule has 0 aliphatic rings. The summed E-state index contributed by atoms with van der Waals surface area (Å²) in [5.41, 5.74) is 1.83. The van der Waals surface area contributed by atoms with Gasteiger partial charge in [-0.05, 0) is 31.2 Å². The Hall–Kier alpha value is -3.81. The Labute approximate surface area is 167 Å². The van der Waals surface area contributed by atoms with E-state index in [-0.39, 0.29) is 17.5 Å². The Morgan fingerprint density at radius 2 is 1.83 bits per heavy atom. The number of anilines is 1. The van der Waals surface area contributed by atoms with Crippen LogP contribution in [-0.4, -0.2) is 20.8 Å². The van der Waals surface area contributed by atoms with E-state index in [1.165, 1.54) is 12.1 Å². The summed E-state index contributed by atoms with van der Waals surface area (Å²) in [5.74, 6) is 1.02. The molecule has 2 aromatic carbocycles. The van der Waals surface area contributed by atoms with Gasteiger partial charge in [0.25, 0.3) is 5.69 Å². The number of ether oxygens (including phenoxy) is 1. The minimum atomic E-state index is -0.462. The van der Waals surface area contributed by atoms with E-state index in [0.717, 1.165) is 0 Å². The predicted molar refractivity (Wildman–Crippen MR) is 109 cm³/mol. The van der Waals surface area contributed by atoms with Crippen LogP contribution in [0.2, 0.25) is 0 Å². The van der Waals surface area contributed by atoms with Crippen molar-refractivity contribution in [2.45, 2.75) is 20.8 Å². The number of benzene rings is 2. The molecule has 0 fully saturated rings. The molecule has 29 heavy (non-hydrogen) atoms. The van der Waals surface area contributed by atoms with E-state index in [9.17, 15) is 14.9 Å². The van der Waals surface area contributed by atoms with Gasteiger partial charge in [0.05, 0.1) is 4.92 Å². The second kappa shape index (κ2) is 8.47. The van der Waals surface area contributed by atoms with Crippen molar-refractivity contribution in [3.8, 4) is 23.0 Å². The largest absolute Gasteiger partial charge is 0.439 e. The van der Waals surface area contributed by atoms with E-state index >= 15 is 0 Å². The third-order valence-corrected chi connectivity index (χ3v) is 4.01. The average molecular weight is 392 g/mol. The zero-order valence-corrected chi connectivity index (χ0v) is 16.2. The lowest BCUT2D eigenvalue weighted by Gasteiger charge is -2.10. The SMILES string of the molecule is Cc1cc(Oc2ccc(NC(=O)C(C)C)cc2)nc(-c2cccc([N+](=O)[O-])c2)n1. The highest BCUT2D eigenvalue weighted by Gasteiger charge is 2.12.